The van der Waals surface area contributed by atoms with Crippen LogP contribution in [0.4, 0.5) is 4.79 Å². The zero-order valence-corrected chi connectivity index (χ0v) is 11.9. The molecule has 0 unspecified atom stereocenters. The molecule has 0 bridgehead atoms. The first-order chi connectivity index (χ1) is 9.61. The van der Waals surface area contributed by atoms with Gasteiger partial charge in [-0.25, -0.2) is 4.79 Å². The van der Waals surface area contributed by atoms with Crippen molar-refractivity contribution >= 4 is 12.0 Å². The first-order valence-corrected chi connectivity index (χ1v) is 7.05. The second-order valence-corrected chi connectivity index (χ2v) is 5.40. The second kappa shape index (κ2) is 6.74. The highest BCUT2D eigenvalue weighted by atomic mass is 16.5. The quantitative estimate of drug-likeness (QED) is 0.789. The largest absolute Gasteiger partial charge is 0.481 e. The van der Waals surface area contributed by atoms with E-state index in [4.69, 9.17) is 9.84 Å². The normalized spacial score (nSPS) is 23.4. The Bertz CT molecular complexity index is 408. The molecule has 2 aliphatic rings. The van der Waals surface area contributed by atoms with E-state index < -0.39 is 11.9 Å². The van der Waals surface area contributed by atoms with Crippen LogP contribution in [0, 0.1) is 5.92 Å². The summed E-state index contributed by atoms with van der Waals surface area (Å²) in [7, 11) is 1.66. The molecule has 0 aromatic heterocycles. The molecule has 1 N–H and O–H groups in total. The molecular weight excluding hydrogens is 260 g/mol. The van der Waals surface area contributed by atoms with Crippen LogP contribution in [-0.2, 0) is 9.53 Å². The highest BCUT2D eigenvalue weighted by molar-refractivity contribution is 5.77. The lowest BCUT2D eigenvalue weighted by Gasteiger charge is -2.36. The monoisotopic (exact) mass is 282 g/mol. The summed E-state index contributed by atoms with van der Waals surface area (Å²) in [6.45, 7) is 2.88. The van der Waals surface area contributed by atoms with Gasteiger partial charge in [-0.1, -0.05) is 6.08 Å². The van der Waals surface area contributed by atoms with Gasteiger partial charge < -0.3 is 19.6 Å². The molecule has 1 fully saturated rings. The summed E-state index contributed by atoms with van der Waals surface area (Å²) in [5, 5.41) is 9.07. The fourth-order valence-electron chi connectivity index (χ4n) is 2.75. The maximum Gasteiger partial charge on any atom is 0.320 e. The molecule has 2 aliphatic heterocycles. The minimum atomic E-state index is -0.802. The zero-order chi connectivity index (χ0) is 14.5. The number of rotatable bonds is 3. The van der Waals surface area contributed by atoms with Gasteiger partial charge in [0.1, 0.15) is 0 Å². The predicted molar refractivity (Wildman–Crippen MR) is 73.5 cm³/mol. The van der Waals surface area contributed by atoms with Crippen LogP contribution in [0.2, 0.25) is 0 Å². The number of carbonyl (C=O) groups excluding carboxylic acids is 1. The molecule has 1 atom stereocenters. The van der Waals surface area contributed by atoms with E-state index >= 15 is 0 Å². The molecule has 1 saturated heterocycles. The van der Waals surface area contributed by atoms with Crippen LogP contribution in [0.25, 0.3) is 0 Å². The SMILES string of the molecule is COCC1=CCN(C(=O)N2CCC[C@@H](C(=O)O)C2)CC1. The highest BCUT2D eigenvalue weighted by Crippen LogP contribution is 2.19. The third-order valence-electron chi connectivity index (χ3n) is 3.94. The molecule has 0 aliphatic carbocycles. The Hall–Kier alpha value is -1.56. The topological polar surface area (TPSA) is 70.1 Å². The Morgan fingerprint density at radius 3 is 2.80 bits per heavy atom. The summed E-state index contributed by atoms with van der Waals surface area (Å²) in [5.74, 6) is -1.22. The number of ether oxygens (including phenoxy) is 1. The van der Waals surface area contributed by atoms with E-state index in [0.717, 1.165) is 12.8 Å². The molecule has 6 heteroatoms. The first-order valence-electron chi connectivity index (χ1n) is 7.05. The Labute approximate surface area is 119 Å². The number of carboxylic acids is 1. The van der Waals surface area contributed by atoms with E-state index in [-0.39, 0.29) is 6.03 Å². The Balaban J connectivity index is 1.90. The van der Waals surface area contributed by atoms with Crippen LogP contribution in [0.1, 0.15) is 19.3 Å². The number of hydrogen-bond donors (Lipinski definition) is 1. The second-order valence-electron chi connectivity index (χ2n) is 5.40. The Morgan fingerprint density at radius 1 is 1.40 bits per heavy atom. The maximum absolute atomic E-state index is 12.4. The van der Waals surface area contributed by atoms with E-state index in [9.17, 15) is 9.59 Å². The fourth-order valence-corrected chi connectivity index (χ4v) is 2.75. The Morgan fingerprint density at radius 2 is 2.20 bits per heavy atom. The van der Waals surface area contributed by atoms with Crippen molar-refractivity contribution in [3.8, 4) is 0 Å². The number of hydrogen-bond acceptors (Lipinski definition) is 3. The minimum absolute atomic E-state index is 0.0383. The third kappa shape index (κ3) is 3.50. The smallest absolute Gasteiger partial charge is 0.320 e. The molecule has 2 heterocycles. The van der Waals surface area contributed by atoms with E-state index in [1.54, 1.807) is 16.9 Å². The van der Waals surface area contributed by atoms with E-state index in [0.29, 0.717) is 39.2 Å². The van der Waals surface area contributed by atoms with Gasteiger partial charge in [0.15, 0.2) is 0 Å². The number of amides is 2. The van der Waals surface area contributed by atoms with Gasteiger partial charge in [-0.3, -0.25) is 4.79 Å². The van der Waals surface area contributed by atoms with Gasteiger partial charge >= 0.3 is 12.0 Å². The average molecular weight is 282 g/mol. The molecule has 0 aromatic carbocycles. The molecule has 0 radical (unpaired) electrons. The molecule has 0 aromatic rings. The van der Waals surface area contributed by atoms with Gasteiger partial charge in [-0.2, -0.15) is 0 Å². The number of aliphatic carboxylic acids is 1. The summed E-state index contributed by atoms with van der Waals surface area (Å²) in [4.78, 5) is 26.9. The lowest BCUT2D eigenvalue weighted by molar-refractivity contribution is -0.143. The lowest BCUT2D eigenvalue weighted by atomic mass is 9.98. The number of carbonyl (C=O) groups is 2. The van der Waals surface area contributed by atoms with E-state index in [1.807, 2.05) is 6.08 Å². The van der Waals surface area contributed by atoms with Crippen molar-refractivity contribution in [2.75, 3.05) is 39.9 Å². The minimum Gasteiger partial charge on any atom is -0.481 e. The number of piperidine rings is 1. The van der Waals surface area contributed by atoms with E-state index in [1.165, 1.54) is 5.57 Å². The van der Waals surface area contributed by atoms with Crippen molar-refractivity contribution in [3.63, 3.8) is 0 Å². The van der Waals surface area contributed by atoms with Crippen LogP contribution < -0.4 is 0 Å². The van der Waals surface area contributed by atoms with Crippen LogP contribution in [-0.4, -0.2) is 66.8 Å². The van der Waals surface area contributed by atoms with Crippen molar-refractivity contribution < 1.29 is 19.4 Å². The summed E-state index contributed by atoms with van der Waals surface area (Å²) < 4.78 is 5.09. The van der Waals surface area contributed by atoms with Gasteiger partial charge in [-0.05, 0) is 24.8 Å². The number of methoxy groups -OCH3 is 1. The van der Waals surface area contributed by atoms with E-state index in [2.05, 4.69) is 0 Å². The fraction of sp³-hybridized carbons (Fsp3) is 0.714. The summed E-state index contributed by atoms with van der Waals surface area (Å²) in [6, 6.07) is -0.0383. The van der Waals surface area contributed by atoms with Gasteiger partial charge in [-0.15, -0.1) is 0 Å². The van der Waals surface area contributed by atoms with Gasteiger partial charge in [0, 0.05) is 33.3 Å². The highest BCUT2D eigenvalue weighted by Gasteiger charge is 2.30. The molecule has 112 valence electrons. The van der Waals surface area contributed by atoms with Crippen molar-refractivity contribution in [2.24, 2.45) is 5.92 Å². The van der Waals surface area contributed by atoms with Crippen molar-refractivity contribution in [1.29, 1.82) is 0 Å². The summed E-state index contributed by atoms with van der Waals surface area (Å²) in [6.07, 6.45) is 4.29. The zero-order valence-electron chi connectivity index (χ0n) is 11.9. The maximum atomic E-state index is 12.4. The van der Waals surface area contributed by atoms with Crippen LogP contribution in [0.15, 0.2) is 11.6 Å². The van der Waals surface area contributed by atoms with Crippen molar-refractivity contribution in [1.82, 2.24) is 9.80 Å². The van der Waals surface area contributed by atoms with Crippen molar-refractivity contribution in [3.05, 3.63) is 11.6 Å². The van der Waals surface area contributed by atoms with Crippen LogP contribution in [0.3, 0.4) is 0 Å². The molecule has 2 rings (SSSR count). The Kier molecular flexibility index (Phi) is 5.00. The third-order valence-corrected chi connectivity index (χ3v) is 3.94. The van der Waals surface area contributed by atoms with Gasteiger partial charge in [0.05, 0.1) is 12.5 Å². The first kappa shape index (κ1) is 14.8. The molecule has 0 saturated carbocycles. The van der Waals surface area contributed by atoms with Crippen LogP contribution >= 0.6 is 0 Å². The molecule has 6 nitrogen and oxygen atoms in total. The van der Waals surface area contributed by atoms with Gasteiger partial charge in [0.2, 0.25) is 0 Å². The number of nitrogens with zero attached hydrogens (tertiary/aromatic N) is 2. The molecule has 20 heavy (non-hydrogen) atoms. The number of likely N-dealkylation sites (tertiary alicyclic amines) is 1. The average Bonchev–Trinajstić information content (AvgIpc) is 2.48. The van der Waals surface area contributed by atoms with Crippen LogP contribution in [0.5, 0.6) is 0 Å². The molecule has 2 amide bonds. The van der Waals surface area contributed by atoms with Crippen molar-refractivity contribution in [2.45, 2.75) is 19.3 Å². The number of urea groups is 1. The standard InChI is InChI=1S/C14H22N2O4/c1-20-10-11-4-7-15(8-5-11)14(19)16-6-2-3-12(9-16)13(17)18/h4,12H,2-3,5-10H2,1H3,(H,17,18)/t12-/m1/s1. The summed E-state index contributed by atoms with van der Waals surface area (Å²) in [5.41, 5.74) is 1.22. The predicted octanol–water partition coefficient (Wildman–Crippen LogP) is 1.18. The number of carboxylic acid groups (broad SMARTS) is 1. The van der Waals surface area contributed by atoms with Gasteiger partial charge in [0.25, 0.3) is 0 Å². The molecule has 0 spiro atoms. The summed E-state index contributed by atoms with van der Waals surface area (Å²) >= 11 is 0. The lowest BCUT2D eigenvalue weighted by Crippen LogP contribution is -2.49. The molecular formula is C14H22N2O4.